The van der Waals surface area contributed by atoms with Gasteiger partial charge in [-0.05, 0) is 23.3 Å². The summed E-state index contributed by atoms with van der Waals surface area (Å²) in [6.45, 7) is 0. The third-order valence-electron chi connectivity index (χ3n) is 3.66. The molecule has 2 nitrogen and oxygen atoms in total. The van der Waals surface area contributed by atoms with Crippen molar-refractivity contribution in [2.75, 3.05) is 5.32 Å². The Morgan fingerprint density at radius 2 is 1.22 bits per heavy atom. The first kappa shape index (κ1) is 15.3. The van der Waals surface area contributed by atoms with Crippen molar-refractivity contribution in [1.82, 2.24) is 0 Å². The summed E-state index contributed by atoms with van der Waals surface area (Å²) in [6.07, 6.45) is 0. The molecule has 23 heavy (non-hydrogen) atoms. The molecule has 0 atom stereocenters. The number of anilines is 1. The quantitative estimate of drug-likeness (QED) is 0.710. The van der Waals surface area contributed by atoms with Gasteiger partial charge in [-0.15, -0.1) is 0 Å². The maximum absolute atomic E-state index is 12.9. The molecule has 0 aliphatic carbocycles. The lowest BCUT2D eigenvalue weighted by Crippen LogP contribution is -2.22. The van der Waals surface area contributed by atoms with Gasteiger partial charge in [0, 0.05) is 0 Å². The molecular formula is C20H16ClNO. The molecule has 0 aromatic heterocycles. The van der Waals surface area contributed by atoms with E-state index in [0.29, 0.717) is 10.7 Å². The molecule has 0 fully saturated rings. The molecular weight excluding hydrogens is 306 g/mol. The Morgan fingerprint density at radius 1 is 0.739 bits per heavy atom. The Morgan fingerprint density at radius 3 is 1.74 bits per heavy atom. The van der Waals surface area contributed by atoms with E-state index in [1.54, 1.807) is 12.1 Å². The summed E-state index contributed by atoms with van der Waals surface area (Å²) < 4.78 is 0. The molecule has 1 N–H and O–H groups in total. The van der Waals surface area contributed by atoms with Crippen LogP contribution in [0, 0.1) is 0 Å². The van der Waals surface area contributed by atoms with E-state index in [1.807, 2.05) is 72.8 Å². The van der Waals surface area contributed by atoms with Crippen molar-refractivity contribution in [3.63, 3.8) is 0 Å². The molecule has 0 bridgehead atoms. The molecule has 0 aliphatic rings. The maximum atomic E-state index is 12.9. The number of carbonyl (C=O) groups excluding carboxylic acids is 1. The van der Waals surface area contributed by atoms with Crippen molar-refractivity contribution < 1.29 is 4.79 Å². The van der Waals surface area contributed by atoms with Crippen molar-refractivity contribution in [3.05, 3.63) is 101 Å². The van der Waals surface area contributed by atoms with Crippen LogP contribution in [0.3, 0.4) is 0 Å². The van der Waals surface area contributed by atoms with E-state index in [-0.39, 0.29) is 11.8 Å². The molecule has 3 aromatic carbocycles. The minimum Gasteiger partial charge on any atom is -0.324 e. The van der Waals surface area contributed by atoms with Gasteiger partial charge >= 0.3 is 0 Å². The minimum atomic E-state index is -0.381. The summed E-state index contributed by atoms with van der Waals surface area (Å²) >= 11 is 6.15. The second kappa shape index (κ2) is 7.12. The second-order valence-electron chi connectivity index (χ2n) is 5.22. The van der Waals surface area contributed by atoms with E-state index < -0.39 is 0 Å². The first-order valence-electron chi connectivity index (χ1n) is 7.41. The average Bonchev–Trinajstić information content (AvgIpc) is 2.59. The number of amides is 1. The summed E-state index contributed by atoms with van der Waals surface area (Å²) in [5.74, 6) is -0.482. The molecule has 114 valence electrons. The van der Waals surface area contributed by atoms with Crippen molar-refractivity contribution in [2.24, 2.45) is 0 Å². The van der Waals surface area contributed by atoms with Gasteiger partial charge in [0.15, 0.2) is 0 Å². The van der Waals surface area contributed by atoms with E-state index in [0.717, 1.165) is 11.1 Å². The lowest BCUT2D eigenvalue weighted by Gasteiger charge is -2.18. The number of hydrogen-bond donors (Lipinski definition) is 1. The second-order valence-corrected chi connectivity index (χ2v) is 5.63. The van der Waals surface area contributed by atoms with Crippen molar-refractivity contribution in [1.29, 1.82) is 0 Å². The molecule has 0 saturated carbocycles. The Bertz CT molecular complexity index is 748. The van der Waals surface area contributed by atoms with Gasteiger partial charge < -0.3 is 5.32 Å². The lowest BCUT2D eigenvalue weighted by molar-refractivity contribution is -0.116. The number of benzene rings is 3. The maximum Gasteiger partial charge on any atom is 0.236 e. The van der Waals surface area contributed by atoms with Crippen LogP contribution < -0.4 is 5.32 Å². The minimum absolute atomic E-state index is 0.101. The first-order valence-corrected chi connectivity index (χ1v) is 7.79. The highest BCUT2D eigenvalue weighted by molar-refractivity contribution is 6.33. The van der Waals surface area contributed by atoms with Crippen LogP contribution >= 0.6 is 11.6 Å². The Kier molecular flexibility index (Phi) is 4.74. The van der Waals surface area contributed by atoms with E-state index >= 15 is 0 Å². The molecule has 0 heterocycles. The van der Waals surface area contributed by atoms with Crippen LogP contribution in [0.15, 0.2) is 84.9 Å². The summed E-state index contributed by atoms with van der Waals surface area (Å²) in [7, 11) is 0. The number of nitrogens with one attached hydrogen (secondary N) is 1. The Hall–Kier alpha value is -2.58. The molecule has 1 amide bonds. The topological polar surface area (TPSA) is 29.1 Å². The smallest absolute Gasteiger partial charge is 0.236 e. The SMILES string of the molecule is O=C(Nc1ccccc1Cl)C(c1ccccc1)c1ccccc1. The van der Waals surface area contributed by atoms with E-state index in [2.05, 4.69) is 5.32 Å². The Balaban J connectivity index is 1.96. The predicted molar refractivity (Wildman–Crippen MR) is 94.8 cm³/mol. The average molecular weight is 322 g/mol. The summed E-state index contributed by atoms with van der Waals surface area (Å²) in [5, 5.41) is 3.46. The molecule has 0 radical (unpaired) electrons. The van der Waals surface area contributed by atoms with E-state index in [4.69, 9.17) is 11.6 Å². The largest absolute Gasteiger partial charge is 0.324 e. The molecule has 0 saturated heterocycles. The number of carbonyl (C=O) groups is 1. The first-order chi connectivity index (χ1) is 11.3. The third kappa shape index (κ3) is 3.61. The van der Waals surface area contributed by atoms with Gasteiger partial charge in [-0.3, -0.25) is 4.79 Å². The van der Waals surface area contributed by atoms with Crippen molar-refractivity contribution >= 4 is 23.2 Å². The van der Waals surface area contributed by atoms with E-state index in [1.165, 1.54) is 0 Å². The number of rotatable bonds is 4. The fourth-order valence-electron chi connectivity index (χ4n) is 2.55. The van der Waals surface area contributed by atoms with Crippen LogP contribution in [0.1, 0.15) is 17.0 Å². The van der Waals surface area contributed by atoms with Gasteiger partial charge in [-0.1, -0.05) is 84.4 Å². The highest BCUT2D eigenvalue weighted by Crippen LogP contribution is 2.28. The van der Waals surface area contributed by atoms with Gasteiger partial charge in [0.1, 0.15) is 0 Å². The highest BCUT2D eigenvalue weighted by atomic mass is 35.5. The fourth-order valence-corrected chi connectivity index (χ4v) is 2.74. The van der Waals surface area contributed by atoms with Crippen molar-refractivity contribution in [3.8, 4) is 0 Å². The van der Waals surface area contributed by atoms with Crippen LogP contribution in [-0.2, 0) is 4.79 Å². The van der Waals surface area contributed by atoms with Crippen LogP contribution in [-0.4, -0.2) is 5.91 Å². The number of hydrogen-bond acceptors (Lipinski definition) is 1. The fraction of sp³-hybridized carbons (Fsp3) is 0.0500. The number of halogens is 1. The van der Waals surface area contributed by atoms with Crippen LogP contribution in [0.5, 0.6) is 0 Å². The van der Waals surface area contributed by atoms with Crippen molar-refractivity contribution in [2.45, 2.75) is 5.92 Å². The molecule has 3 aromatic rings. The van der Waals surface area contributed by atoms with Crippen LogP contribution in [0.4, 0.5) is 5.69 Å². The molecule has 0 spiro atoms. The van der Waals surface area contributed by atoms with Crippen LogP contribution in [0.2, 0.25) is 5.02 Å². The summed E-state index contributed by atoms with van der Waals surface area (Å²) in [5.41, 5.74) is 2.52. The highest BCUT2D eigenvalue weighted by Gasteiger charge is 2.23. The van der Waals surface area contributed by atoms with Gasteiger partial charge in [-0.25, -0.2) is 0 Å². The van der Waals surface area contributed by atoms with Gasteiger partial charge in [0.05, 0.1) is 16.6 Å². The van der Waals surface area contributed by atoms with Gasteiger partial charge in [0.2, 0.25) is 5.91 Å². The summed E-state index contributed by atoms with van der Waals surface area (Å²) in [6, 6.07) is 26.7. The molecule has 3 rings (SSSR count). The monoisotopic (exact) mass is 321 g/mol. The summed E-state index contributed by atoms with van der Waals surface area (Å²) in [4.78, 5) is 12.9. The normalized spacial score (nSPS) is 10.5. The van der Waals surface area contributed by atoms with Gasteiger partial charge in [-0.2, -0.15) is 0 Å². The Labute approximate surface area is 140 Å². The third-order valence-corrected chi connectivity index (χ3v) is 3.99. The van der Waals surface area contributed by atoms with Crippen LogP contribution in [0.25, 0.3) is 0 Å². The standard InChI is InChI=1S/C20H16ClNO/c21-17-13-7-8-14-18(17)22-20(23)19(15-9-3-1-4-10-15)16-11-5-2-6-12-16/h1-14,19H,(H,22,23). The van der Waals surface area contributed by atoms with Gasteiger partial charge in [0.25, 0.3) is 0 Å². The molecule has 0 unspecified atom stereocenters. The predicted octanol–water partition coefficient (Wildman–Crippen LogP) is 5.11. The molecule has 0 aliphatic heterocycles. The lowest BCUT2D eigenvalue weighted by atomic mass is 9.90. The number of para-hydroxylation sites is 1. The van der Waals surface area contributed by atoms with E-state index in [9.17, 15) is 4.79 Å². The zero-order valence-corrected chi connectivity index (χ0v) is 13.2. The zero-order valence-electron chi connectivity index (χ0n) is 12.4. The zero-order chi connectivity index (χ0) is 16.1. The molecule has 3 heteroatoms.